The number of ether oxygens (including phenoxy) is 1. The van der Waals surface area contributed by atoms with Gasteiger partial charge in [0.25, 0.3) is 0 Å². The van der Waals surface area contributed by atoms with Gasteiger partial charge in [-0.15, -0.1) is 0 Å². The Labute approximate surface area is 76.6 Å². The largest absolute Gasteiger partial charge is 0.378 e. The standard InChI is InChI=1S/C8H12N4O/c1-13-6-8-4-2-3-7(11-8)5-10-12-9/h2-4H,5-6H2,1H3,(H2,9,10). The minimum Gasteiger partial charge on any atom is -0.378 e. The average Bonchev–Trinajstić information content (AvgIpc) is 2.16. The predicted octanol–water partition coefficient (Wildman–Crippen LogP) is 1.05. The van der Waals surface area contributed by atoms with Gasteiger partial charge in [0.2, 0.25) is 0 Å². The molecule has 0 aliphatic heterocycles. The second kappa shape index (κ2) is 5.21. The Morgan fingerprint density at radius 2 is 2.23 bits per heavy atom. The third kappa shape index (κ3) is 3.16. The molecule has 0 aliphatic carbocycles. The van der Waals surface area contributed by atoms with Crippen LogP contribution in [0.1, 0.15) is 11.4 Å². The molecule has 0 bridgehead atoms. The summed E-state index contributed by atoms with van der Waals surface area (Å²) in [7, 11) is 1.63. The van der Waals surface area contributed by atoms with E-state index in [1.165, 1.54) is 0 Å². The minimum absolute atomic E-state index is 0.411. The number of rotatable bonds is 4. The van der Waals surface area contributed by atoms with Crippen LogP contribution in [0, 0.1) is 0 Å². The SMILES string of the molecule is COCc1cccc(CN=NN)n1. The molecule has 0 saturated carbocycles. The van der Waals surface area contributed by atoms with Gasteiger partial charge in [0.05, 0.1) is 18.0 Å². The van der Waals surface area contributed by atoms with E-state index in [4.69, 9.17) is 10.6 Å². The fourth-order valence-electron chi connectivity index (χ4n) is 0.959. The van der Waals surface area contributed by atoms with E-state index in [0.717, 1.165) is 11.4 Å². The molecule has 1 heterocycles. The van der Waals surface area contributed by atoms with E-state index in [2.05, 4.69) is 15.3 Å². The Kier molecular flexibility index (Phi) is 3.84. The summed E-state index contributed by atoms with van der Waals surface area (Å²) in [6.45, 7) is 0.918. The van der Waals surface area contributed by atoms with E-state index in [9.17, 15) is 0 Å². The van der Waals surface area contributed by atoms with Gasteiger partial charge in [-0.2, -0.15) is 5.11 Å². The summed E-state index contributed by atoms with van der Waals surface area (Å²) >= 11 is 0. The molecule has 0 unspecified atom stereocenters. The topological polar surface area (TPSA) is 72.9 Å². The van der Waals surface area contributed by atoms with Crippen molar-refractivity contribution in [1.82, 2.24) is 4.98 Å². The fourth-order valence-corrected chi connectivity index (χ4v) is 0.959. The Bertz CT molecular complexity index is 287. The van der Waals surface area contributed by atoms with Gasteiger partial charge in [0.1, 0.15) is 6.54 Å². The van der Waals surface area contributed by atoms with Crippen LogP contribution in [0.4, 0.5) is 0 Å². The Hall–Kier alpha value is -1.49. The van der Waals surface area contributed by atoms with Gasteiger partial charge < -0.3 is 10.6 Å². The lowest BCUT2D eigenvalue weighted by molar-refractivity contribution is 0.181. The van der Waals surface area contributed by atoms with Crippen LogP contribution in [-0.2, 0) is 17.9 Å². The highest BCUT2D eigenvalue weighted by molar-refractivity contribution is 5.10. The first-order valence-corrected chi connectivity index (χ1v) is 3.87. The van der Waals surface area contributed by atoms with Gasteiger partial charge in [0, 0.05) is 7.11 Å². The quantitative estimate of drug-likeness (QED) is 0.427. The second-order valence-electron chi connectivity index (χ2n) is 2.47. The van der Waals surface area contributed by atoms with Gasteiger partial charge in [0.15, 0.2) is 0 Å². The highest BCUT2D eigenvalue weighted by Crippen LogP contribution is 2.01. The molecule has 0 saturated heterocycles. The maximum atomic E-state index is 4.95. The molecule has 5 nitrogen and oxygen atoms in total. The van der Waals surface area contributed by atoms with E-state index in [1.54, 1.807) is 7.11 Å². The predicted molar refractivity (Wildman–Crippen MR) is 47.7 cm³/mol. The van der Waals surface area contributed by atoms with E-state index in [-0.39, 0.29) is 0 Å². The van der Waals surface area contributed by atoms with Crippen LogP contribution in [0.3, 0.4) is 0 Å². The van der Waals surface area contributed by atoms with Crippen LogP contribution < -0.4 is 5.84 Å². The second-order valence-corrected chi connectivity index (χ2v) is 2.47. The maximum Gasteiger partial charge on any atom is 0.104 e. The number of pyridine rings is 1. The van der Waals surface area contributed by atoms with Gasteiger partial charge in [-0.05, 0) is 12.1 Å². The zero-order chi connectivity index (χ0) is 9.52. The lowest BCUT2D eigenvalue weighted by Gasteiger charge is -2.00. The number of nitrogens with two attached hydrogens (primary N) is 1. The molecule has 0 radical (unpaired) electrons. The summed E-state index contributed by atoms with van der Waals surface area (Å²) in [5, 5.41) is 6.80. The van der Waals surface area contributed by atoms with Crippen molar-refractivity contribution in [3.05, 3.63) is 29.6 Å². The van der Waals surface area contributed by atoms with Crippen molar-refractivity contribution in [3.63, 3.8) is 0 Å². The molecule has 1 aromatic rings. The third-order valence-electron chi connectivity index (χ3n) is 1.47. The van der Waals surface area contributed by atoms with Gasteiger partial charge in [-0.25, -0.2) is 0 Å². The molecule has 0 amide bonds. The highest BCUT2D eigenvalue weighted by atomic mass is 16.5. The van der Waals surface area contributed by atoms with Gasteiger partial charge in [-0.1, -0.05) is 11.3 Å². The normalized spacial score (nSPS) is 10.8. The summed E-state index contributed by atoms with van der Waals surface area (Å²) in [5.41, 5.74) is 1.72. The smallest absolute Gasteiger partial charge is 0.104 e. The van der Waals surface area contributed by atoms with Gasteiger partial charge in [-0.3, -0.25) is 4.98 Å². The number of aromatic nitrogens is 1. The summed E-state index contributed by atoms with van der Waals surface area (Å²) in [6.07, 6.45) is 0. The molecule has 1 aromatic heterocycles. The van der Waals surface area contributed by atoms with E-state index in [0.29, 0.717) is 13.2 Å². The van der Waals surface area contributed by atoms with Crippen molar-refractivity contribution < 1.29 is 4.74 Å². The molecule has 2 N–H and O–H groups in total. The van der Waals surface area contributed by atoms with Crippen LogP contribution in [0.5, 0.6) is 0 Å². The first-order chi connectivity index (χ1) is 6.36. The van der Waals surface area contributed by atoms with Crippen LogP contribution in [-0.4, -0.2) is 12.1 Å². The lowest BCUT2D eigenvalue weighted by atomic mass is 10.3. The number of hydrogen-bond donors (Lipinski definition) is 1. The monoisotopic (exact) mass is 180 g/mol. The third-order valence-corrected chi connectivity index (χ3v) is 1.47. The molecular formula is C8H12N4O. The molecule has 0 spiro atoms. The molecule has 1 rings (SSSR count). The number of nitrogens with zero attached hydrogens (tertiary/aromatic N) is 3. The minimum atomic E-state index is 0.411. The first kappa shape index (κ1) is 9.60. The molecular weight excluding hydrogens is 168 g/mol. The van der Waals surface area contributed by atoms with E-state index < -0.39 is 0 Å². The van der Waals surface area contributed by atoms with Crippen molar-refractivity contribution in [1.29, 1.82) is 0 Å². The van der Waals surface area contributed by atoms with Crippen LogP contribution in [0.15, 0.2) is 28.5 Å². The molecule has 13 heavy (non-hydrogen) atoms. The Balaban J connectivity index is 2.67. The molecule has 0 fully saturated rings. The Morgan fingerprint density at radius 1 is 1.46 bits per heavy atom. The van der Waals surface area contributed by atoms with Crippen molar-refractivity contribution in [2.75, 3.05) is 7.11 Å². The fraction of sp³-hybridized carbons (Fsp3) is 0.375. The van der Waals surface area contributed by atoms with Crippen molar-refractivity contribution in [3.8, 4) is 0 Å². The average molecular weight is 180 g/mol. The summed E-state index contributed by atoms with van der Waals surface area (Å²) in [5.74, 6) is 4.88. The van der Waals surface area contributed by atoms with Crippen LogP contribution >= 0.6 is 0 Å². The van der Waals surface area contributed by atoms with E-state index >= 15 is 0 Å². The highest BCUT2D eigenvalue weighted by Gasteiger charge is 1.95. The molecule has 70 valence electrons. The first-order valence-electron chi connectivity index (χ1n) is 3.87. The molecule has 0 aromatic carbocycles. The Morgan fingerprint density at radius 3 is 2.92 bits per heavy atom. The van der Waals surface area contributed by atoms with Crippen molar-refractivity contribution in [2.24, 2.45) is 16.2 Å². The molecule has 5 heteroatoms. The number of methoxy groups -OCH3 is 1. The summed E-state index contributed by atoms with van der Waals surface area (Å²) < 4.78 is 4.95. The zero-order valence-corrected chi connectivity index (χ0v) is 7.47. The number of hydrogen-bond acceptors (Lipinski definition) is 4. The lowest BCUT2D eigenvalue weighted by Crippen LogP contribution is -1.95. The van der Waals surface area contributed by atoms with Gasteiger partial charge >= 0.3 is 0 Å². The van der Waals surface area contributed by atoms with Crippen molar-refractivity contribution in [2.45, 2.75) is 13.2 Å². The molecule has 0 aliphatic rings. The van der Waals surface area contributed by atoms with Crippen LogP contribution in [0.25, 0.3) is 0 Å². The summed E-state index contributed by atoms with van der Waals surface area (Å²) in [4.78, 5) is 4.27. The van der Waals surface area contributed by atoms with E-state index in [1.807, 2.05) is 18.2 Å². The van der Waals surface area contributed by atoms with Crippen molar-refractivity contribution >= 4 is 0 Å². The summed E-state index contributed by atoms with van der Waals surface area (Å²) in [6, 6.07) is 5.67. The molecule has 0 atom stereocenters. The zero-order valence-electron chi connectivity index (χ0n) is 7.47. The maximum absolute atomic E-state index is 4.95. The van der Waals surface area contributed by atoms with Crippen LogP contribution in [0.2, 0.25) is 0 Å².